The van der Waals surface area contributed by atoms with Crippen molar-refractivity contribution in [1.29, 1.82) is 0 Å². The van der Waals surface area contributed by atoms with Crippen LogP contribution in [0.3, 0.4) is 0 Å². The van der Waals surface area contributed by atoms with Crippen molar-refractivity contribution in [2.45, 2.75) is 26.2 Å². The Labute approximate surface area is 107 Å². The van der Waals surface area contributed by atoms with E-state index in [1.807, 2.05) is 12.4 Å². The second-order valence-corrected chi connectivity index (χ2v) is 6.75. The summed E-state index contributed by atoms with van der Waals surface area (Å²) < 4.78 is 60.9. The van der Waals surface area contributed by atoms with Crippen molar-refractivity contribution < 1.29 is 34.7 Å². The molecular formula is C10H16F6NOP. The molecule has 0 aliphatic carbocycles. The van der Waals surface area contributed by atoms with Crippen LogP contribution < -0.4 is 9.57 Å². The summed E-state index contributed by atoms with van der Waals surface area (Å²) in [5, 5.41) is 0. The average Bonchev–Trinajstić information content (AvgIpc) is 2.11. The molecule has 0 spiro atoms. The van der Waals surface area contributed by atoms with E-state index in [9.17, 15) is 25.2 Å². The number of halogens is 6. The van der Waals surface area contributed by atoms with Crippen LogP contribution in [0.25, 0.3) is 0 Å². The third-order valence-electron chi connectivity index (χ3n) is 1.88. The molecule has 0 aliphatic heterocycles. The molecule has 1 heterocycles. The van der Waals surface area contributed by atoms with Crippen LogP contribution in [0.1, 0.15) is 26.3 Å². The van der Waals surface area contributed by atoms with Gasteiger partial charge in [0.25, 0.3) is 0 Å². The number of pyridine rings is 1. The normalized spacial score (nSPS) is 15.7. The minimum atomic E-state index is -10.7. The van der Waals surface area contributed by atoms with Gasteiger partial charge in [0.2, 0.25) is 12.4 Å². The maximum atomic E-state index is 9.87. The fourth-order valence-corrected chi connectivity index (χ4v) is 1.03. The SMILES string of the molecule is CO[n+]1ccc(C(C)(C)C)cc1.F[P-](F)(F)(F)(F)F. The maximum absolute atomic E-state index is 10.7. The monoisotopic (exact) mass is 311 g/mol. The Morgan fingerprint density at radius 1 is 0.947 bits per heavy atom. The molecule has 19 heavy (non-hydrogen) atoms. The number of nitrogens with zero attached hydrogens (tertiary/aromatic N) is 1. The van der Waals surface area contributed by atoms with E-state index in [4.69, 9.17) is 4.84 Å². The van der Waals surface area contributed by atoms with E-state index in [1.54, 1.807) is 11.8 Å². The fourth-order valence-electron chi connectivity index (χ4n) is 1.03. The molecule has 1 rings (SSSR count). The van der Waals surface area contributed by atoms with Crippen LogP contribution in [0, 0.1) is 0 Å². The van der Waals surface area contributed by atoms with Gasteiger partial charge in [-0.05, 0) is 11.0 Å². The van der Waals surface area contributed by atoms with E-state index in [-0.39, 0.29) is 5.41 Å². The van der Waals surface area contributed by atoms with Crippen molar-refractivity contribution in [3.05, 3.63) is 30.1 Å². The van der Waals surface area contributed by atoms with Gasteiger partial charge in [0.05, 0.1) is 0 Å². The van der Waals surface area contributed by atoms with Crippen molar-refractivity contribution in [3.63, 3.8) is 0 Å². The molecule has 0 unspecified atom stereocenters. The zero-order valence-electron chi connectivity index (χ0n) is 10.9. The molecule has 2 nitrogen and oxygen atoms in total. The van der Waals surface area contributed by atoms with Gasteiger partial charge >= 0.3 is 33.0 Å². The first-order valence-corrected chi connectivity index (χ1v) is 7.14. The van der Waals surface area contributed by atoms with E-state index in [0.717, 1.165) is 0 Å². The third-order valence-corrected chi connectivity index (χ3v) is 1.88. The fraction of sp³-hybridized carbons (Fsp3) is 0.500. The quantitative estimate of drug-likeness (QED) is 0.416. The summed E-state index contributed by atoms with van der Waals surface area (Å²) in [5.41, 5.74) is 1.53. The van der Waals surface area contributed by atoms with Gasteiger partial charge in [-0.15, -0.1) is 0 Å². The Kier molecular flexibility index (Phi) is 4.26. The second-order valence-electron chi connectivity index (χ2n) is 4.84. The van der Waals surface area contributed by atoms with Crippen LogP contribution in [0.2, 0.25) is 0 Å². The molecule has 0 aliphatic rings. The summed E-state index contributed by atoms with van der Waals surface area (Å²) in [7, 11) is -9.01. The predicted molar refractivity (Wildman–Crippen MR) is 61.4 cm³/mol. The van der Waals surface area contributed by atoms with Gasteiger partial charge in [0, 0.05) is 16.9 Å². The molecule has 9 heteroatoms. The number of rotatable bonds is 1. The molecule has 1 aromatic heterocycles. The summed E-state index contributed by atoms with van der Waals surface area (Å²) in [6.45, 7) is 6.58. The van der Waals surface area contributed by atoms with Crippen molar-refractivity contribution in [1.82, 2.24) is 0 Å². The molecule has 0 aromatic carbocycles. The van der Waals surface area contributed by atoms with Crippen molar-refractivity contribution in [2.24, 2.45) is 0 Å². The molecule has 0 radical (unpaired) electrons. The summed E-state index contributed by atoms with van der Waals surface area (Å²) in [6.07, 6.45) is 3.83. The van der Waals surface area contributed by atoms with Crippen LogP contribution in [0.4, 0.5) is 25.2 Å². The van der Waals surface area contributed by atoms with E-state index in [1.165, 1.54) is 5.56 Å². The summed E-state index contributed by atoms with van der Waals surface area (Å²) in [5.74, 6) is 0. The van der Waals surface area contributed by atoms with E-state index >= 15 is 0 Å². The molecule has 0 atom stereocenters. The van der Waals surface area contributed by atoms with Gasteiger partial charge in [0.1, 0.15) is 7.11 Å². The van der Waals surface area contributed by atoms with Gasteiger partial charge in [-0.25, -0.2) is 0 Å². The Balaban J connectivity index is 0.000000399. The van der Waals surface area contributed by atoms with Crippen LogP contribution in [0.5, 0.6) is 0 Å². The molecule has 0 fully saturated rings. The first-order chi connectivity index (χ1) is 7.99. The molecule has 0 amide bonds. The van der Waals surface area contributed by atoms with Crippen molar-refractivity contribution in [3.8, 4) is 0 Å². The first-order valence-electron chi connectivity index (χ1n) is 5.12. The molecule has 114 valence electrons. The van der Waals surface area contributed by atoms with Gasteiger partial charge < -0.3 is 0 Å². The molecular weight excluding hydrogens is 295 g/mol. The van der Waals surface area contributed by atoms with E-state index in [0.29, 0.717) is 0 Å². The van der Waals surface area contributed by atoms with Crippen LogP contribution >= 0.6 is 7.81 Å². The second kappa shape index (κ2) is 4.51. The first kappa shape index (κ1) is 18.0. The molecule has 1 aromatic rings. The van der Waals surface area contributed by atoms with E-state index < -0.39 is 7.81 Å². The minimum absolute atomic E-state index is 0.215. The average molecular weight is 311 g/mol. The third kappa shape index (κ3) is 13.2. The Bertz CT molecular complexity index is 407. The zero-order chi connectivity index (χ0) is 15.6. The van der Waals surface area contributed by atoms with Crippen LogP contribution in [-0.2, 0) is 5.41 Å². The molecule has 0 saturated heterocycles. The Hall–Kier alpha value is -1.04. The Morgan fingerprint density at radius 2 is 1.26 bits per heavy atom. The Morgan fingerprint density at radius 3 is 1.47 bits per heavy atom. The van der Waals surface area contributed by atoms with Crippen molar-refractivity contribution >= 4 is 7.81 Å². The van der Waals surface area contributed by atoms with Gasteiger partial charge in [0.15, 0.2) is 0 Å². The summed E-state index contributed by atoms with van der Waals surface area (Å²) in [4.78, 5) is 5.00. The number of hydrogen-bond donors (Lipinski definition) is 0. The summed E-state index contributed by atoms with van der Waals surface area (Å²) in [6, 6.07) is 4.15. The van der Waals surface area contributed by atoms with Crippen LogP contribution in [0.15, 0.2) is 24.5 Å². The molecule has 0 bridgehead atoms. The zero-order valence-corrected chi connectivity index (χ0v) is 11.8. The molecule has 0 N–H and O–H groups in total. The number of hydrogen-bond acceptors (Lipinski definition) is 1. The summed E-state index contributed by atoms with van der Waals surface area (Å²) >= 11 is 0. The van der Waals surface area contributed by atoms with Crippen molar-refractivity contribution in [2.75, 3.05) is 7.11 Å². The van der Waals surface area contributed by atoms with Gasteiger partial charge in [-0.2, -0.15) is 0 Å². The van der Waals surface area contributed by atoms with Crippen LogP contribution in [-0.4, -0.2) is 7.11 Å². The standard InChI is InChI=1S/C10H16NO.F6P/c1-10(2,3)9-5-7-11(12-4)8-6-9;1-7(2,3,4,5)6/h5-8H,1-4H3;/q+1;-1. The van der Waals surface area contributed by atoms with Gasteiger partial charge in [-0.3, -0.25) is 4.84 Å². The van der Waals surface area contributed by atoms with E-state index in [2.05, 4.69) is 32.9 Å². The van der Waals surface area contributed by atoms with Gasteiger partial charge in [-0.1, -0.05) is 20.8 Å². The molecule has 0 saturated carbocycles. The predicted octanol–water partition coefficient (Wildman–Crippen LogP) is 4.71. The topological polar surface area (TPSA) is 13.1 Å². The number of aromatic nitrogens is 1.